The zero-order chi connectivity index (χ0) is 24.0. The molecule has 0 aliphatic heterocycles. The number of rotatable bonds is 8. The van der Waals surface area contributed by atoms with Gasteiger partial charge in [-0.3, -0.25) is 0 Å². The molecule has 0 nitrogen and oxygen atoms in total. The predicted octanol–water partition coefficient (Wildman–Crippen LogP) is 9.55. The molecule has 0 N–H and O–H groups in total. The van der Waals surface area contributed by atoms with Crippen LogP contribution in [-0.2, 0) is 5.41 Å². The summed E-state index contributed by atoms with van der Waals surface area (Å²) in [7, 11) is 0. The van der Waals surface area contributed by atoms with Gasteiger partial charge in [0.1, 0.15) is 0 Å². The lowest BCUT2D eigenvalue weighted by Gasteiger charge is -2.49. The van der Waals surface area contributed by atoms with E-state index in [4.69, 9.17) is 0 Å². The molecule has 0 spiro atoms. The first kappa shape index (κ1) is 24.0. The third-order valence-electron chi connectivity index (χ3n) is 7.72. The molecular formula is C34H38. The molecule has 4 rings (SSSR count). The maximum absolute atomic E-state index is 2.45. The average molecular weight is 447 g/mol. The summed E-state index contributed by atoms with van der Waals surface area (Å²) in [6.07, 6.45) is 28.1. The fourth-order valence-electron chi connectivity index (χ4n) is 5.23. The minimum Gasteiger partial charge on any atom is -0.0877 e. The van der Waals surface area contributed by atoms with E-state index in [1.54, 1.807) is 0 Å². The molecule has 0 bridgehead atoms. The average Bonchev–Trinajstić information content (AvgIpc) is 2.85. The number of allylic oxidation sites excluding steroid dienone is 11. The highest BCUT2D eigenvalue weighted by molar-refractivity contribution is 5.74. The van der Waals surface area contributed by atoms with Crippen LogP contribution in [0.1, 0.15) is 56.7 Å². The van der Waals surface area contributed by atoms with Gasteiger partial charge in [-0.2, -0.15) is 0 Å². The van der Waals surface area contributed by atoms with E-state index in [1.807, 2.05) is 13.0 Å². The molecule has 0 heteroatoms. The van der Waals surface area contributed by atoms with Crippen molar-refractivity contribution in [2.75, 3.05) is 0 Å². The van der Waals surface area contributed by atoms with E-state index in [1.165, 1.54) is 46.2 Å². The molecule has 3 unspecified atom stereocenters. The molecule has 0 saturated heterocycles. The van der Waals surface area contributed by atoms with E-state index in [2.05, 4.69) is 124 Å². The highest BCUT2D eigenvalue weighted by atomic mass is 14.5. The number of aryl methyl sites for hydroxylation is 1. The van der Waals surface area contributed by atoms with Gasteiger partial charge in [0.25, 0.3) is 0 Å². The normalized spacial score (nSPS) is 23.1. The zero-order valence-corrected chi connectivity index (χ0v) is 21.2. The van der Waals surface area contributed by atoms with Crippen LogP contribution in [0.2, 0.25) is 0 Å². The van der Waals surface area contributed by atoms with Crippen LogP contribution in [0.5, 0.6) is 0 Å². The Bertz CT molecular complexity index is 1180. The van der Waals surface area contributed by atoms with E-state index >= 15 is 0 Å². The Morgan fingerprint density at radius 3 is 2.62 bits per heavy atom. The Hall–Kier alpha value is -3.12. The Kier molecular flexibility index (Phi) is 7.68. The zero-order valence-electron chi connectivity index (χ0n) is 21.2. The van der Waals surface area contributed by atoms with Crippen LogP contribution in [-0.4, -0.2) is 0 Å². The lowest BCUT2D eigenvalue weighted by atomic mass is 9.54. The third kappa shape index (κ3) is 4.87. The van der Waals surface area contributed by atoms with Gasteiger partial charge in [-0.15, -0.1) is 0 Å². The molecule has 1 saturated carbocycles. The smallest absolute Gasteiger partial charge is 0.0204 e. The van der Waals surface area contributed by atoms with Crippen LogP contribution >= 0.6 is 0 Å². The molecule has 34 heavy (non-hydrogen) atoms. The van der Waals surface area contributed by atoms with Gasteiger partial charge in [0.05, 0.1) is 0 Å². The monoisotopic (exact) mass is 446 g/mol. The molecule has 0 aromatic heterocycles. The van der Waals surface area contributed by atoms with Crippen LogP contribution in [0.25, 0.3) is 17.2 Å². The summed E-state index contributed by atoms with van der Waals surface area (Å²) < 4.78 is 0. The van der Waals surface area contributed by atoms with E-state index in [9.17, 15) is 0 Å². The highest BCUT2D eigenvalue weighted by Crippen LogP contribution is 2.54. The van der Waals surface area contributed by atoms with Gasteiger partial charge in [0.15, 0.2) is 0 Å². The van der Waals surface area contributed by atoms with Gasteiger partial charge in [-0.1, -0.05) is 117 Å². The summed E-state index contributed by atoms with van der Waals surface area (Å²) in [6.45, 7) is 8.85. The van der Waals surface area contributed by atoms with Gasteiger partial charge < -0.3 is 0 Å². The van der Waals surface area contributed by atoms with Crippen LogP contribution in [0.4, 0.5) is 0 Å². The Morgan fingerprint density at radius 2 is 1.88 bits per heavy atom. The quantitative estimate of drug-likeness (QED) is 0.354. The predicted molar refractivity (Wildman–Crippen MR) is 150 cm³/mol. The summed E-state index contributed by atoms with van der Waals surface area (Å²) in [5.74, 6) is 1.14. The molecular weight excluding hydrogens is 408 g/mol. The second kappa shape index (κ2) is 10.9. The second-order valence-corrected chi connectivity index (χ2v) is 9.77. The number of hydrogen-bond donors (Lipinski definition) is 0. The molecule has 2 aromatic carbocycles. The minimum atomic E-state index is 0.163. The van der Waals surface area contributed by atoms with Crippen molar-refractivity contribution < 1.29 is 0 Å². The molecule has 3 atom stereocenters. The number of benzene rings is 2. The molecule has 0 heterocycles. The van der Waals surface area contributed by atoms with Crippen molar-refractivity contribution >= 4 is 6.08 Å². The first-order valence-electron chi connectivity index (χ1n) is 12.8. The molecule has 2 aliphatic carbocycles. The summed E-state index contributed by atoms with van der Waals surface area (Å²) >= 11 is 0. The van der Waals surface area contributed by atoms with Crippen molar-refractivity contribution in [3.63, 3.8) is 0 Å². The first-order valence-corrected chi connectivity index (χ1v) is 12.8. The fourth-order valence-corrected chi connectivity index (χ4v) is 5.23. The van der Waals surface area contributed by atoms with Gasteiger partial charge in [-0.05, 0) is 84.4 Å². The van der Waals surface area contributed by atoms with Crippen molar-refractivity contribution in [3.8, 4) is 11.1 Å². The van der Waals surface area contributed by atoms with Crippen LogP contribution in [0.3, 0.4) is 0 Å². The lowest BCUT2D eigenvalue weighted by Crippen LogP contribution is -2.43. The Labute approximate surface area is 206 Å². The SMILES string of the molecule is C\C=C/C=C\C=C/C(=C/c1cc(-c2ccccc2C23C=CC=CC2CC3)ccc1C)C(C)CC. The Balaban J connectivity index is 1.73. The molecule has 1 fully saturated rings. The third-order valence-corrected chi connectivity index (χ3v) is 7.72. The highest BCUT2D eigenvalue weighted by Gasteiger charge is 2.46. The van der Waals surface area contributed by atoms with Gasteiger partial charge >= 0.3 is 0 Å². The molecule has 174 valence electrons. The maximum Gasteiger partial charge on any atom is 0.0204 e. The first-order chi connectivity index (χ1) is 16.6. The summed E-state index contributed by atoms with van der Waals surface area (Å²) in [5.41, 5.74) is 8.33. The van der Waals surface area contributed by atoms with E-state index in [0.717, 1.165) is 6.42 Å². The summed E-state index contributed by atoms with van der Waals surface area (Å²) in [4.78, 5) is 0. The lowest BCUT2D eigenvalue weighted by molar-refractivity contribution is 0.221. The summed E-state index contributed by atoms with van der Waals surface area (Å²) in [6, 6.07) is 16.0. The number of fused-ring (bicyclic) bond motifs is 1. The maximum atomic E-state index is 2.45. The van der Waals surface area contributed by atoms with Crippen molar-refractivity contribution in [1.29, 1.82) is 0 Å². The summed E-state index contributed by atoms with van der Waals surface area (Å²) in [5, 5.41) is 0. The molecule has 2 aliphatic rings. The second-order valence-electron chi connectivity index (χ2n) is 9.77. The van der Waals surface area contributed by atoms with E-state index in [0.29, 0.717) is 11.8 Å². The van der Waals surface area contributed by atoms with Crippen molar-refractivity contribution in [2.45, 2.75) is 52.4 Å². The number of hydrogen-bond acceptors (Lipinski definition) is 0. The standard InChI is InChI=1S/C34H38/c1-5-7-8-9-10-15-28(26(3)6-2)24-30-25-29(20-19-27(30)4)32-17-11-12-18-33(32)34-22-14-13-16-31(34)21-23-34/h5,7-20,22,24-26,31H,6,21,23H2,1-4H3/b7-5-,9-8-,15-10-,28-24-. The Morgan fingerprint density at radius 1 is 1.06 bits per heavy atom. The van der Waals surface area contributed by atoms with Crippen molar-refractivity contribution in [3.05, 3.63) is 125 Å². The fraction of sp³-hybridized carbons (Fsp3) is 0.294. The van der Waals surface area contributed by atoms with Gasteiger partial charge in [0.2, 0.25) is 0 Å². The van der Waals surface area contributed by atoms with Crippen molar-refractivity contribution in [2.24, 2.45) is 11.8 Å². The molecule has 0 amide bonds. The van der Waals surface area contributed by atoms with Crippen LogP contribution in [0, 0.1) is 18.8 Å². The largest absolute Gasteiger partial charge is 0.0877 e. The molecule has 2 aromatic rings. The minimum absolute atomic E-state index is 0.163. The van der Waals surface area contributed by atoms with E-state index in [-0.39, 0.29) is 5.41 Å². The van der Waals surface area contributed by atoms with Gasteiger partial charge in [-0.25, -0.2) is 0 Å². The van der Waals surface area contributed by atoms with Crippen LogP contribution in [0.15, 0.2) is 109 Å². The molecule has 0 radical (unpaired) electrons. The topological polar surface area (TPSA) is 0 Å². The van der Waals surface area contributed by atoms with Crippen LogP contribution < -0.4 is 0 Å². The van der Waals surface area contributed by atoms with E-state index < -0.39 is 0 Å². The van der Waals surface area contributed by atoms with Gasteiger partial charge in [0, 0.05) is 5.41 Å². The van der Waals surface area contributed by atoms with Crippen molar-refractivity contribution in [1.82, 2.24) is 0 Å².